The smallest absolute Gasteiger partial charge is 0.307 e. The number of hydrogen-bond acceptors (Lipinski definition) is 1. The lowest BCUT2D eigenvalue weighted by atomic mass is 10.1. The van der Waals surface area contributed by atoms with Crippen LogP contribution in [0.25, 0.3) is 0 Å². The van der Waals surface area contributed by atoms with Crippen LogP contribution in [0, 0.1) is 6.92 Å². The third-order valence-corrected chi connectivity index (χ3v) is 3.57. The third kappa shape index (κ3) is 3.31. The van der Waals surface area contributed by atoms with Crippen LogP contribution in [0.5, 0.6) is 0 Å². The summed E-state index contributed by atoms with van der Waals surface area (Å²) in [4.78, 5) is 12.0. The zero-order valence-corrected chi connectivity index (χ0v) is 12.3. The molecule has 0 spiro atoms. The maximum absolute atomic E-state index is 12.0. The SMILES string of the molecule is CCc1ccccc1NC(=O)Nc1cccc(Cl)c1C. The predicted molar refractivity (Wildman–Crippen MR) is 84.7 cm³/mol. The number of anilines is 2. The molecule has 0 saturated heterocycles. The molecule has 4 heteroatoms. The number of rotatable bonds is 3. The standard InChI is InChI=1S/C16H17ClN2O/c1-3-12-7-4-5-9-15(12)19-16(20)18-14-10-6-8-13(17)11(14)2/h4-10H,3H2,1-2H3,(H2,18,19,20). The molecule has 0 saturated carbocycles. The number of carbonyl (C=O) groups excluding carboxylic acids is 1. The third-order valence-electron chi connectivity index (χ3n) is 3.16. The van der Waals surface area contributed by atoms with E-state index in [0.717, 1.165) is 23.2 Å². The fourth-order valence-electron chi connectivity index (χ4n) is 1.97. The van der Waals surface area contributed by atoms with Gasteiger partial charge in [0.15, 0.2) is 0 Å². The zero-order chi connectivity index (χ0) is 14.5. The summed E-state index contributed by atoms with van der Waals surface area (Å²) < 4.78 is 0. The number of aryl methyl sites for hydroxylation is 1. The number of nitrogens with one attached hydrogen (secondary N) is 2. The number of halogens is 1. The van der Waals surface area contributed by atoms with Crippen molar-refractivity contribution >= 4 is 29.0 Å². The van der Waals surface area contributed by atoms with Crippen molar-refractivity contribution < 1.29 is 4.79 Å². The largest absolute Gasteiger partial charge is 0.323 e. The van der Waals surface area contributed by atoms with Crippen LogP contribution in [0.3, 0.4) is 0 Å². The number of para-hydroxylation sites is 1. The first-order valence-electron chi connectivity index (χ1n) is 6.53. The molecule has 2 amide bonds. The molecule has 0 aliphatic carbocycles. The molecule has 0 atom stereocenters. The fraction of sp³-hybridized carbons (Fsp3) is 0.188. The van der Waals surface area contributed by atoms with E-state index in [1.807, 2.05) is 43.3 Å². The molecule has 0 bridgehead atoms. The molecular formula is C16H17ClN2O. The Kier molecular flexibility index (Phi) is 4.64. The second-order valence-corrected chi connectivity index (χ2v) is 4.91. The molecule has 2 rings (SSSR count). The summed E-state index contributed by atoms with van der Waals surface area (Å²) in [7, 11) is 0. The molecule has 104 valence electrons. The quantitative estimate of drug-likeness (QED) is 0.832. The van der Waals surface area contributed by atoms with E-state index in [-0.39, 0.29) is 6.03 Å². The molecule has 0 unspecified atom stereocenters. The fourth-order valence-corrected chi connectivity index (χ4v) is 2.14. The van der Waals surface area contributed by atoms with Crippen LogP contribution in [-0.4, -0.2) is 6.03 Å². The Balaban J connectivity index is 2.11. The number of hydrogen-bond donors (Lipinski definition) is 2. The lowest BCUT2D eigenvalue weighted by Gasteiger charge is -2.12. The number of amides is 2. The molecule has 0 fully saturated rings. The molecule has 2 aromatic rings. The van der Waals surface area contributed by atoms with Gasteiger partial charge in [0.1, 0.15) is 0 Å². The maximum Gasteiger partial charge on any atom is 0.323 e. The highest BCUT2D eigenvalue weighted by Gasteiger charge is 2.08. The highest BCUT2D eigenvalue weighted by atomic mass is 35.5. The molecule has 0 heterocycles. The van der Waals surface area contributed by atoms with E-state index in [1.54, 1.807) is 6.07 Å². The zero-order valence-electron chi connectivity index (χ0n) is 11.5. The Morgan fingerprint density at radius 2 is 1.70 bits per heavy atom. The molecule has 0 aromatic heterocycles. The van der Waals surface area contributed by atoms with Gasteiger partial charge in [-0.05, 0) is 42.7 Å². The minimum atomic E-state index is -0.267. The van der Waals surface area contributed by atoms with Gasteiger partial charge in [-0.3, -0.25) is 0 Å². The van der Waals surface area contributed by atoms with Gasteiger partial charge in [0, 0.05) is 16.4 Å². The maximum atomic E-state index is 12.0. The summed E-state index contributed by atoms with van der Waals surface area (Å²) in [5.74, 6) is 0. The van der Waals surface area contributed by atoms with Gasteiger partial charge in [-0.25, -0.2) is 4.79 Å². The highest BCUT2D eigenvalue weighted by molar-refractivity contribution is 6.31. The van der Waals surface area contributed by atoms with Crippen LogP contribution in [0.2, 0.25) is 5.02 Å². The summed E-state index contributed by atoms with van der Waals surface area (Å²) in [6, 6.07) is 12.9. The lowest BCUT2D eigenvalue weighted by molar-refractivity contribution is 0.262. The van der Waals surface area contributed by atoms with E-state index < -0.39 is 0 Å². The molecule has 0 radical (unpaired) electrons. The molecule has 3 nitrogen and oxygen atoms in total. The van der Waals surface area contributed by atoms with Crippen molar-refractivity contribution in [1.29, 1.82) is 0 Å². The van der Waals surface area contributed by atoms with Crippen LogP contribution < -0.4 is 10.6 Å². The van der Waals surface area contributed by atoms with Gasteiger partial charge in [0.05, 0.1) is 0 Å². The Morgan fingerprint density at radius 1 is 1.05 bits per heavy atom. The Bertz CT molecular complexity index is 626. The molecule has 0 aliphatic rings. The van der Waals surface area contributed by atoms with E-state index in [1.165, 1.54) is 0 Å². The van der Waals surface area contributed by atoms with Crippen LogP contribution >= 0.6 is 11.6 Å². The van der Waals surface area contributed by atoms with Gasteiger partial charge in [0.25, 0.3) is 0 Å². The Morgan fingerprint density at radius 3 is 2.45 bits per heavy atom. The number of benzene rings is 2. The number of carbonyl (C=O) groups is 1. The molecule has 2 aromatic carbocycles. The van der Waals surface area contributed by atoms with Crippen LogP contribution in [0.15, 0.2) is 42.5 Å². The Labute approximate surface area is 124 Å². The van der Waals surface area contributed by atoms with Crippen LogP contribution in [-0.2, 0) is 6.42 Å². The van der Waals surface area contributed by atoms with E-state index in [0.29, 0.717) is 10.7 Å². The molecular weight excluding hydrogens is 272 g/mol. The minimum Gasteiger partial charge on any atom is -0.307 e. The van der Waals surface area contributed by atoms with Crippen LogP contribution in [0.4, 0.5) is 16.2 Å². The highest BCUT2D eigenvalue weighted by Crippen LogP contribution is 2.23. The monoisotopic (exact) mass is 288 g/mol. The van der Waals surface area contributed by atoms with E-state index in [2.05, 4.69) is 17.6 Å². The first kappa shape index (κ1) is 14.4. The first-order chi connectivity index (χ1) is 9.61. The topological polar surface area (TPSA) is 41.1 Å². The first-order valence-corrected chi connectivity index (χ1v) is 6.90. The van der Waals surface area contributed by atoms with E-state index in [9.17, 15) is 4.79 Å². The van der Waals surface area contributed by atoms with Gasteiger partial charge < -0.3 is 10.6 Å². The van der Waals surface area contributed by atoms with Gasteiger partial charge >= 0.3 is 6.03 Å². The van der Waals surface area contributed by atoms with Gasteiger partial charge in [-0.2, -0.15) is 0 Å². The minimum absolute atomic E-state index is 0.267. The van der Waals surface area contributed by atoms with Crippen molar-refractivity contribution in [2.75, 3.05) is 10.6 Å². The summed E-state index contributed by atoms with van der Waals surface area (Å²) in [5.41, 5.74) is 3.50. The Hall–Kier alpha value is -2.00. The van der Waals surface area contributed by atoms with E-state index >= 15 is 0 Å². The van der Waals surface area contributed by atoms with Crippen LogP contribution in [0.1, 0.15) is 18.1 Å². The van der Waals surface area contributed by atoms with Gasteiger partial charge in [-0.15, -0.1) is 0 Å². The van der Waals surface area contributed by atoms with Crippen molar-refractivity contribution in [3.8, 4) is 0 Å². The average Bonchev–Trinajstić information content (AvgIpc) is 2.44. The summed E-state index contributed by atoms with van der Waals surface area (Å²) in [5, 5.41) is 6.32. The second kappa shape index (κ2) is 6.44. The van der Waals surface area contributed by atoms with Crippen molar-refractivity contribution in [3.05, 3.63) is 58.6 Å². The van der Waals surface area contributed by atoms with Gasteiger partial charge in [-0.1, -0.05) is 42.8 Å². The molecule has 20 heavy (non-hydrogen) atoms. The number of urea groups is 1. The lowest BCUT2D eigenvalue weighted by Crippen LogP contribution is -2.20. The van der Waals surface area contributed by atoms with Gasteiger partial charge in [0.2, 0.25) is 0 Å². The molecule has 2 N–H and O–H groups in total. The van der Waals surface area contributed by atoms with Crippen molar-refractivity contribution in [2.24, 2.45) is 0 Å². The summed E-state index contributed by atoms with van der Waals surface area (Å²) in [6.45, 7) is 3.93. The van der Waals surface area contributed by atoms with Crippen molar-refractivity contribution in [3.63, 3.8) is 0 Å². The average molecular weight is 289 g/mol. The van der Waals surface area contributed by atoms with E-state index in [4.69, 9.17) is 11.6 Å². The second-order valence-electron chi connectivity index (χ2n) is 4.50. The van der Waals surface area contributed by atoms with Crippen molar-refractivity contribution in [2.45, 2.75) is 20.3 Å². The molecule has 0 aliphatic heterocycles. The normalized spacial score (nSPS) is 10.2. The van der Waals surface area contributed by atoms with Crippen molar-refractivity contribution in [1.82, 2.24) is 0 Å². The summed E-state index contributed by atoms with van der Waals surface area (Å²) in [6.07, 6.45) is 0.868. The predicted octanol–water partition coefficient (Wildman–Crippen LogP) is 4.85. The summed E-state index contributed by atoms with van der Waals surface area (Å²) >= 11 is 6.03.